The second-order valence-corrected chi connectivity index (χ2v) is 9.51. The zero-order valence-corrected chi connectivity index (χ0v) is 20.9. The Bertz CT molecular complexity index is 1360. The Labute approximate surface area is 215 Å². The van der Waals surface area contributed by atoms with Crippen molar-refractivity contribution in [2.45, 2.75) is 51.9 Å². The normalized spacial score (nSPS) is 15.0. The number of aromatic nitrogens is 3. The molecule has 36 heavy (non-hydrogen) atoms. The number of halogens is 1. The van der Waals surface area contributed by atoms with Crippen LogP contribution in [-0.2, 0) is 26.1 Å². The van der Waals surface area contributed by atoms with Crippen LogP contribution >= 0.6 is 11.6 Å². The number of carbonyl (C=O) groups excluding carboxylic acids is 1. The molecule has 0 spiro atoms. The lowest BCUT2D eigenvalue weighted by atomic mass is 9.90. The van der Waals surface area contributed by atoms with E-state index in [9.17, 15) is 4.79 Å². The molecule has 1 aliphatic carbocycles. The largest absolute Gasteiger partial charge is 0.447 e. The second kappa shape index (κ2) is 11.0. The van der Waals surface area contributed by atoms with Crippen LogP contribution in [0.4, 0.5) is 0 Å². The molecule has 0 saturated heterocycles. The monoisotopic (exact) mass is 501 g/mol. The minimum absolute atomic E-state index is 0.180. The molecule has 1 atom stereocenters. The van der Waals surface area contributed by atoms with Crippen LogP contribution in [0.2, 0.25) is 5.02 Å². The lowest BCUT2D eigenvalue weighted by molar-refractivity contribution is 0.0951. The molecule has 0 aliphatic heterocycles. The average Bonchev–Trinajstić information content (AvgIpc) is 3.31. The van der Waals surface area contributed by atoms with Crippen molar-refractivity contribution in [3.05, 3.63) is 112 Å². The lowest BCUT2D eigenvalue weighted by Gasteiger charge is -2.34. The smallest absolute Gasteiger partial charge is 0.253 e. The minimum atomic E-state index is -0.224. The van der Waals surface area contributed by atoms with Crippen LogP contribution in [0.5, 0.6) is 0 Å². The van der Waals surface area contributed by atoms with E-state index in [1.54, 1.807) is 18.5 Å². The Hall–Kier alpha value is -3.55. The average molecular weight is 502 g/mol. The van der Waals surface area contributed by atoms with Crippen molar-refractivity contribution in [3.8, 4) is 0 Å². The van der Waals surface area contributed by atoms with Gasteiger partial charge in [0.1, 0.15) is 6.26 Å². The van der Waals surface area contributed by atoms with Gasteiger partial charge in [-0.3, -0.25) is 19.7 Å². The maximum atomic E-state index is 12.6. The summed E-state index contributed by atoms with van der Waals surface area (Å²) in [4.78, 5) is 28.2. The minimum Gasteiger partial charge on any atom is -0.447 e. The van der Waals surface area contributed by atoms with E-state index in [0.29, 0.717) is 36.1 Å². The Morgan fingerprint density at radius 2 is 2.06 bits per heavy atom. The highest BCUT2D eigenvalue weighted by Gasteiger charge is 2.28. The van der Waals surface area contributed by atoms with Gasteiger partial charge in [-0.2, -0.15) is 0 Å². The molecule has 4 aromatic rings. The third kappa shape index (κ3) is 5.64. The van der Waals surface area contributed by atoms with Gasteiger partial charge in [-0.1, -0.05) is 41.9 Å². The summed E-state index contributed by atoms with van der Waals surface area (Å²) >= 11 is 6.11. The number of benzene rings is 1. The zero-order chi connectivity index (χ0) is 24.9. The molecule has 7 nitrogen and oxygen atoms in total. The van der Waals surface area contributed by atoms with E-state index < -0.39 is 0 Å². The first kappa shape index (κ1) is 24.2. The van der Waals surface area contributed by atoms with E-state index in [1.165, 1.54) is 11.8 Å². The van der Waals surface area contributed by atoms with Gasteiger partial charge in [0.15, 0.2) is 0 Å². The lowest BCUT2D eigenvalue weighted by Crippen LogP contribution is -2.31. The van der Waals surface area contributed by atoms with E-state index in [0.717, 1.165) is 41.8 Å². The Morgan fingerprint density at radius 1 is 1.17 bits per heavy atom. The van der Waals surface area contributed by atoms with E-state index >= 15 is 0 Å². The van der Waals surface area contributed by atoms with E-state index in [4.69, 9.17) is 21.0 Å². The first-order chi connectivity index (χ1) is 17.6. The summed E-state index contributed by atoms with van der Waals surface area (Å²) in [5.41, 5.74) is 5.91. The number of fused-ring (bicyclic) bond motifs is 1. The standard InChI is InChI=1S/C28H28ClN5O2/c1-19-18-36-26(33-19)17-34(25-9-3-7-22-8-4-11-31-27(22)25)16-21-6-2-5-20(13-21)14-32-28(35)23-10-12-30-15-24(23)29/h2,4-6,8,10-13,15,18,25H,3,7,9,14,16-17H2,1H3,(H,32,35). The fraction of sp³-hybridized carbons (Fsp3) is 0.286. The van der Waals surface area contributed by atoms with Crippen molar-refractivity contribution >= 4 is 17.5 Å². The van der Waals surface area contributed by atoms with Crippen molar-refractivity contribution < 1.29 is 9.21 Å². The molecule has 0 fully saturated rings. The third-order valence-corrected chi connectivity index (χ3v) is 6.76. The molecule has 1 N–H and O–H groups in total. The van der Waals surface area contributed by atoms with Gasteiger partial charge in [0.25, 0.3) is 5.91 Å². The molecule has 184 valence electrons. The molecule has 0 saturated carbocycles. The molecule has 1 unspecified atom stereocenters. The zero-order valence-electron chi connectivity index (χ0n) is 20.2. The predicted octanol–water partition coefficient (Wildman–Crippen LogP) is 5.44. The summed E-state index contributed by atoms with van der Waals surface area (Å²) in [6.07, 6.45) is 9.81. The summed E-state index contributed by atoms with van der Waals surface area (Å²) in [6.45, 7) is 3.64. The molecular weight excluding hydrogens is 474 g/mol. The van der Waals surface area contributed by atoms with Crippen LogP contribution < -0.4 is 5.32 Å². The molecule has 1 aromatic carbocycles. The molecule has 0 bridgehead atoms. The molecular formula is C28H28ClN5O2. The van der Waals surface area contributed by atoms with Gasteiger partial charge in [-0.25, -0.2) is 4.98 Å². The first-order valence-corrected chi connectivity index (χ1v) is 12.5. The van der Waals surface area contributed by atoms with Crippen molar-refractivity contribution in [1.29, 1.82) is 0 Å². The number of carbonyl (C=O) groups is 1. The number of hydrogen-bond acceptors (Lipinski definition) is 6. The Morgan fingerprint density at radius 3 is 2.89 bits per heavy atom. The molecule has 3 heterocycles. The van der Waals surface area contributed by atoms with Crippen LogP contribution in [0.25, 0.3) is 0 Å². The van der Waals surface area contributed by atoms with Crippen molar-refractivity contribution in [2.24, 2.45) is 0 Å². The van der Waals surface area contributed by atoms with Crippen molar-refractivity contribution in [2.75, 3.05) is 0 Å². The van der Waals surface area contributed by atoms with E-state index in [1.807, 2.05) is 31.3 Å². The van der Waals surface area contributed by atoms with Crippen LogP contribution in [0.3, 0.4) is 0 Å². The predicted molar refractivity (Wildman–Crippen MR) is 137 cm³/mol. The summed E-state index contributed by atoms with van der Waals surface area (Å²) < 4.78 is 5.72. The summed E-state index contributed by atoms with van der Waals surface area (Å²) in [5, 5.41) is 3.29. The van der Waals surface area contributed by atoms with E-state index in [2.05, 4.69) is 38.4 Å². The quantitative estimate of drug-likeness (QED) is 0.346. The molecule has 5 rings (SSSR count). The van der Waals surface area contributed by atoms with Gasteiger partial charge < -0.3 is 9.73 Å². The maximum absolute atomic E-state index is 12.6. The third-order valence-electron chi connectivity index (χ3n) is 6.46. The van der Waals surface area contributed by atoms with Gasteiger partial charge in [0, 0.05) is 31.7 Å². The van der Waals surface area contributed by atoms with Crippen molar-refractivity contribution in [1.82, 2.24) is 25.2 Å². The van der Waals surface area contributed by atoms with Gasteiger partial charge in [-0.15, -0.1) is 0 Å². The molecule has 8 heteroatoms. The number of hydrogen-bond donors (Lipinski definition) is 1. The van der Waals surface area contributed by atoms with Gasteiger partial charge >= 0.3 is 0 Å². The SMILES string of the molecule is Cc1coc(CN(Cc2cccc(CNC(=O)c3ccncc3Cl)c2)C2CCCc3cccnc32)n1. The maximum Gasteiger partial charge on any atom is 0.253 e. The number of rotatable bonds is 8. The molecule has 3 aromatic heterocycles. The molecule has 1 amide bonds. The highest BCUT2D eigenvalue weighted by Crippen LogP contribution is 2.34. The number of pyridine rings is 2. The number of oxazole rings is 1. The number of amides is 1. The first-order valence-electron chi connectivity index (χ1n) is 12.1. The topological polar surface area (TPSA) is 84.2 Å². The number of nitrogens with one attached hydrogen (secondary N) is 1. The van der Waals surface area contributed by atoms with Crippen LogP contribution in [0.15, 0.2) is 71.7 Å². The van der Waals surface area contributed by atoms with Gasteiger partial charge in [-0.05, 0) is 55.0 Å². The van der Waals surface area contributed by atoms with E-state index in [-0.39, 0.29) is 11.9 Å². The fourth-order valence-electron chi connectivity index (χ4n) is 4.78. The number of aryl methyl sites for hydroxylation is 2. The molecule has 1 aliphatic rings. The number of nitrogens with zero attached hydrogens (tertiary/aromatic N) is 4. The van der Waals surface area contributed by atoms with Gasteiger partial charge in [0.05, 0.1) is 34.6 Å². The van der Waals surface area contributed by atoms with Gasteiger partial charge in [0.2, 0.25) is 5.89 Å². The van der Waals surface area contributed by atoms with Crippen LogP contribution in [0.1, 0.15) is 63.2 Å². The molecule has 0 radical (unpaired) electrons. The van der Waals surface area contributed by atoms with Crippen LogP contribution in [-0.4, -0.2) is 25.8 Å². The highest BCUT2D eigenvalue weighted by atomic mass is 35.5. The Kier molecular flexibility index (Phi) is 7.39. The highest BCUT2D eigenvalue weighted by molar-refractivity contribution is 6.33. The second-order valence-electron chi connectivity index (χ2n) is 9.10. The Balaban J connectivity index is 1.34. The summed E-state index contributed by atoms with van der Waals surface area (Å²) in [7, 11) is 0. The fourth-order valence-corrected chi connectivity index (χ4v) is 4.98. The van der Waals surface area contributed by atoms with Crippen molar-refractivity contribution in [3.63, 3.8) is 0 Å². The summed E-state index contributed by atoms with van der Waals surface area (Å²) in [5.74, 6) is 0.479. The summed E-state index contributed by atoms with van der Waals surface area (Å²) in [6, 6.07) is 14.3. The van der Waals surface area contributed by atoms with Crippen LogP contribution in [0, 0.1) is 6.92 Å².